The van der Waals surface area contributed by atoms with Crippen molar-refractivity contribution >= 4 is 24.2 Å². The number of carbonyl (C=O) groups is 4. The maximum Gasteiger partial charge on any atom is 0.511 e. The number of hydrogen-bond donors (Lipinski definition) is 0. The van der Waals surface area contributed by atoms with Crippen LogP contribution < -0.4 is 9.47 Å². The Morgan fingerprint density at radius 2 is 0.921 bits per heavy atom. The molecule has 12 heteroatoms. The van der Waals surface area contributed by atoms with Gasteiger partial charge in [0.15, 0.2) is 0 Å². The summed E-state index contributed by atoms with van der Waals surface area (Å²) >= 11 is 0. The first kappa shape index (κ1) is 29.7. The minimum atomic E-state index is -1.06. The highest BCUT2D eigenvalue weighted by Crippen LogP contribution is 2.22. The lowest BCUT2D eigenvalue weighted by atomic mass is 10.2. The summed E-state index contributed by atoms with van der Waals surface area (Å²) < 4.78 is 30.3. The van der Waals surface area contributed by atoms with Crippen molar-refractivity contribution in [1.29, 1.82) is 0 Å². The van der Waals surface area contributed by atoms with E-state index in [-0.39, 0.29) is 22.6 Å². The zero-order valence-corrected chi connectivity index (χ0v) is 21.9. The largest absolute Gasteiger partial charge is 0.511 e. The Morgan fingerprint density at radius 1 is 0.579 bits per heavy atom. The molecule has 0 unspecified atom stereocenters. The molecule has 2 rings (SSSR count). The molecule has 0 spiro atoms. The number of hydrogen-bond acceptors (Lipinski definition) is 12. The lowest BCUT2D eigenvalue weighted by Gasteiger charge is -2.19. The molecule has 0 heterocycles. The standard InChI is InChI=1S/C26H30O12/c1-25(2,3)35-23(29)33-15-31-19-13-9-7-11-17(19)21(27)37-38-22(28)18-12-8-10-14-20(18)32-16-34-24(30)36-26(4,5)6/h7-14H,15-16H2,1-6H3. The normalized spacial score (nSPS) is 11.0. The lowest BCUT2D eigenvalue weighted by molar-refractivity contribution is -0.187. The number of para-hydroxylation sites is 2. The van der Waals surface area contributed by atoms with Gasteiger partial charge in [-0.15, -0.1) is 0 Å². The maximum atomic E-state index is 12.5. The van der Waals surface area contributed by atoms with Gasteiger partial charge in [-0.25, -0.2) is 29.0 Å². The average Bonchev–Trinajstić information content (AvgIpc) is 2.80. The second-order valence-electron chi connectivity index (χ2n) is 9.48. The van der Waals surface area contributed by atoms with Crippen molar-refractivity contribution in [2.24, 2.45) is 0 Å². The molecule has 0 fully saturated rings. The van der Waals surface area contributed by atoms with E-state index in [1.54, 1.807) is 53.7 Å². The van der Waals surface area contributed by atoms with Crippen LogP contribution in [-0.2, 0) is 28.7 Å². The molecule has 0 radical (unpaired) electrons. The van der Waals surface area contributed by atoms with Crippen molar-refractivity contribution in [2.75, 3.05) is 13.6 Å². The summed E-state index contributed by atoms with van der Waals surface area (Å²) in [5.41, 5.74) is -1.72. The van der Waals surface area contributed by atoms with Crippen LogP contribution in [0.2, 0.25) is 0 Å². The van der Waals surface area contributed by atoms with Crippen molar-refractivity contribution in [3.8, 4) is 11.5 Å². The minimum absolute atomic E-state index is 0.000123. The highest BCUT2D eigenvalue weighted by Gasteiger charge is 2.22. The summed E-state index contributed by atoms with van der Waals surface area (Å²) in [5.74, 6) is -2.11. The number of ether oxygens (including phenoxy) is 6. The summed E-state index contributed by atoms with van der Waals surface area (Å²) in [4.78, 5) is 57.7. The van der Waals surface area contributed by atoms with Gasteiger partial charge in [0.25, 0.3) is 0 Å². The molecule has 0 N–H and O–H groups in total. The van der Waals surface area contributed by atoms with Crippen LogP contribution in [0.4, 0.5) is 9.59 Å². The Balaban J connectivity index is 1.93. The van der Waals surface area contributed by atoms with Crippen LogP contribution in [-0.4, -0.2) is 49.0 Å². The summed E-state index contributed by atoms with van der Waals surface area (Å²) in [6.45, 7) is 8.93. The summed E-state index contributed by atoms with van der Waals surface area (Å²) in [6, 6.07) is 11.7. The van der Waals surface area contributed by atoms with E-state index < -0.39 is 49.0 Å². The molecule has 206 valence electrons. The molecular formula is C26H30O12. The van der Waals surface area contributed by atoms with E-state index in [1.807, 2.05) is 0 Å². The molecule has 0 amide bonds. The van der Waals surface area contributed by atoms with Gasteiger partial charge in [-0.3, -0.25) is 0 Å². The lowest BCUT2D eigenvalue weighted by Crippen LogP contribution is -2.25. The predicted octanol–water partition coefficient (Wildman–Crippen LogP) is 5.19. The van der Waals surface area contributed by atoms with Crippen LogP contribution in [0.15, 0.2) is 48.5 Å². The first-order valence-electron chi connectivity index (χ1n) is 11.3. The summed E-state index contributed by atoms with van der Waals surface area (Å²) in [7, 11) is 0. The van der Waals surface area contributed by atoms with Crippen LogP contribution in [0.5, 0.6) is 11.5 Å². The third-order valence-electron chi connectivity index (χ3n) is 3.97. The van der Waals surface area contributed by atoms with Crippen molar-refractivity contribution in [3.05, 3.63) is 59.7 Å². The number of rotatable bonds is 8. The molecule has 0 saturated carbocycles. The molecule has 2 aromatic rings. The first-order chi connectivity index (χ1) is 17.7. The molecule has 0 aliphatic heterocycles. The van der Waals surface area contributed by atoms with E-state index in [0.29, 0.717) is 0 Å². The molecule has 0 aromatic heterocycles. The third-order valence-corrected chi connectivity index (χ3v) is 3.97. The minimum Gasteiger partial charge on any atom is -0.456 e. The Hall–Kier alpha value is -4.48. The zero-order valence-electron chi connectivity index (χ0n) is 21.9. The van der Waals surface area contributed by atoms with Crippen LogP contribution in [0.1, 0.15) is 62.3 Å². The fourth-order valence-corrected chi connectivity index (χ4v) is 2.53. The van der Waals surface area contributed by atoms with Gasteiger partial charge in [-0.1, -0.05) is 24.3 Å². The van der Waals surface area contributed by atoms with E-state index in [4.69, 9.17) is 28.4 Å². The smallest absolute Gasteiger partial charge is 0.456 e. The SMILES string of the molecule is CC(C)(C)OC(=O)OCOc1ccccc1C(=O)OOC(=O)c1ccccc1OCOC(=O)OC(C)(C)C. The second kappa shape index (κ2) is 13.2. The van der Waals surface area contributed by atoms with Crippen LogP contribution >= 0.6 is 0 Å². The molecule has 0 atom stereocenters. The Morgan fingerprint density at radius 3 is 1.26 bits per heavy atom. The van der Waals surface area contributed by atoms with Crippen LogP contribution in [0.25, 0.3) is 0 Å². The molecule has 2 aromatic carbocycles. The predicted molar refractivity (Wildman–Crippen MR) is 129 cm³/mol. The van der Waals surface area contributed by atoms with Crippen LogP contribution in [0, 0.1) is 0 Å². The van der Waals surface area contributed by atoms with Crippen molar-refractivity contribution in [1.82, 2.24) is 0 Å². The Kier molecular flexibility index (Phi) is 10.3. The van der Waals surface area contributed by atoms with Gasteiger partial charge < -0.3 is 28.4 Å². The molecule has 0 aliphatic rings. The Bertz CT molecular complexity index is 1040. The fraction of sp³-hybridized carbons (Fsp3) is 0.385. The van der Waals surface area contributed by atoms with Crippen LogP contribution in [0.3, 0.4) is 0 Å². The van der Waals surface area contributed by atoms with Gasteiger partial charge in [0.05, 0.1) is 0 Å². The number of carbonyl (C=O) groups excluding carboxylic acids is 4. The van der Waals surface area contributed by atoms with Gasteiger partial charge in [-0.2, -0.15) is 0 Å². The summed E-state index contributed by atoms with van der Waals surface area (Å²) in [6.07, 6.45) is -1.91. The topological polar surface area (TPSA) is 142 Å². The fourth-order valence-electron chi connectivity index (χ4n) is 2.53. The first-order valence-corrected chi connectivity index (χ1v) is 11.3. The molecule has 0 aliphatic carbocycles. The molecule has 0 saturated heterocycles. The molecule has 38 heavy (non-hydrogen) atoms. The van der Waals surface area contributed by atoms with Gasteiger partial charge >= 0.3 is 24.2 Å². The summed E-state index contributed by atoms with van der Waals surface area (Å²) in [5, 5.41) is 0. The zero-order chi connectivity index (χ0) is 28.3. The van der Waals surface area contributed by atoms with E-state index >= 15 is 0 Å². The second-order valence-corrected chi connectivity index (χ2v) is 9.48. The van der Waals surface area contributed by atoms with Gasteiger partial charge in [0.1, 0.15) is 33.8 Å². The van der Waals surface area contributed by atoms with Gasteiger partial charge in [0, 0.05) is 0 Å². The third kappa shape index (κ3) is 10.6. The maximum absolute atomic E-state index is 12.5. The van der Waals surface area contributed by atoms with E-state index in [0.717, 1.165) is 0 Å². The quantitative estimate of drug-likeness (QED) is 0.190. The Labute approximate surface area is 219 Å². The highest BCUT2D eigenvalue weighted by molar-refractivity contribution is 5.95. The van der Waals surface area contributed by atoms with Crippen molar-refractivity contribution in [2.45, 2.75) is 52.7 Å². The van der Waals surface area contributed by atoms with Gasteiger partial charge in [-0.05, 0) is 65.8 Å². The van der Waals surface area contributed by atoms with E-state index in [1.165, 1.54) is 36.4 Å². The van der Waals surface area contributed by atoms with Crippen molar-refractivity contribution < 1.29 is 57.4 Å². The van der Waals surface area contributed by atoms with E-state index in [2.05, 4.69) is 9.78 Å². The molecule has 12 nitrogen and oxygen atoms in total. The monoisotopic (exact) mass is 534 g/mol. The number of benzene rings is 2. The molecular weight excluding hydrogens is 504 g/mol. The average molecular weight is 535 g/mol. The molecule has 0 bridgehead atoms. The van der Waals surface area contributed by atoms with E-state index in [9.17, 15) is 19.2 Å². The van der Waals surface area contributed by atoms with Gasteiger partial charge in [0.2, 0.25) is 13.6 Å². The highest BCUT2D eigenvalue weighted by atomic mass is 17.2. The van der Waals surface area contributed by atoms with Crippen molar-refractivity contribution in [3.63, 3.8) is 0 Å².